The van der Waals surface area contributed by atoms with Gasteiger partial charge in [-0.2, -0.15) is 0 Å². The highest BCUT2D eigenvalue weighted by atomic mass is 14.2. The van der Waals surface area contributed by atoms with Crippen LogP contribution in [0.2, 0.25) is 0 Å². The number of fused-ring (bicyclic) bond motifs is 5. The second kappa shape index (κ2) is 3.49. The molecule has 4 aromatic carbocycles. The zero-order valence-electron chi connectivity index (χ0n) is 10.9. The Balaban J connectivity index is 2.15. The molecule has 0 unspecified atom stereocenters. The lowest BCUT2D eigenvalue weighted by Crippen LogP contribution is -1.80. The molecule has 0 heterocycles. The minimum atomic E-state index is 1.25. The van der Waals surface area contributed by atoms with Crippen LogP contribution < -0.4 is 0 Å². The first kappa shape index (κ1) is 10.2. The van der Waals surface area contributed by atoms with Crippen LogP contribution in [-0.4, -0.2) is 0 Å². The Morgan fingerprint density at radius 3 is 2.55 bits per heavy atom. The van der Waals surface area contributed by atoms with Crippen LogP contribution >= 0.6 is 0 Å². The van der Waals surface area contributed by atoms with Gasteiger partial charge < -0.3 is 0 Å². The van der Waals surface area contributed by atoms with Gasteiger partial charge in [-0.3, -0.25) is 0 Å². The van der Waals surface area contributed by atoms with Crippen molar-refractivity contribution in [2.45, 2.75) is 0 Å². The predicted molar refractivity (Wildman–Crippen MR) is 84.7 cm³/mol. The summed E-state index contributed by atoms with van der Waals surface area (Å²) in [4.78, 5) is 0. The second-order valence-corrected chi connectivity index (χ2v) is 5.34. The third-order valence-electron chi connectivity index (χ3n) is 4.28. The van der Waals surface area contributed by atoms with Gasteiger partial charge in [-0.05, 0) is 55.9 Å². The van der Waals surface area contributed by atoms with Crippen molar-refractivity contribution in [2.75, 3.05) is 0 Å². The average molecular weight is 251 g/mol. The molecule has 5 rings (SSSR count). The fourth-order valence-corrected chi connectivity index (χ4v) is 3.47. The van der Waals surface area contributed by atoms with E-state index in [-0.39, 0.29) is 0 Å². The molecule has 4 aromatic rings. The number of hydrogen-bond acceptors (Lipinski definition) is 0. The van der Waals surface area contributed by atoms with Crippen molar-refractivity contribution >= 4 is 21.5 Å². The highest BCUT2D eigenvalue weighted by Crippen LogP contribution is 2.49. The summed E-state index contributed by atoms with van der Waals surface area (Å²) in [6.07, 6.45) is 0. The number of benzene rings is 4. The van der Waals surface area contributed by atoms with E-state index in [1.54, 1.807) is 0 Å². The van der Waals surface area contributed by atoms with Crippen LogP contribution in [0.25, 0.3) is 43.8 Å². The zero-order valence-corrected chi connectivity index (χ0v) is 10.9. The van der Waals surface area contributed by atoms with Crippen molar-refractivity contribution in [3.8, 4) is 22.3 Å². The van der Waals surface area contributed by atoms with Gasteiger partial charge in [-0.25, -0.2) is 0 Å². The maximum Gasteiger partial charge on any atom is -0.000807 e. The highest BCUT2D eigenvalue weighted by Gasteiger charge is 2.22. The predicted octanol–water partition coefficient (Wildman–Crippen LogP) is 5.44. The van der Waals surface area contributed by atoms with Gasteiger partial charge in [-0.1, -0.05) is 60.7 Å². The minimum absolute atomic E-state index is 1.25. The Morgan fingerprint density at radius 2 is 1.55 bits per heavy atom. The smallest absolute Gasteiger partial charge is 0.000807 e. The molecule has 20 heavy (non-hydrogen) atoms. The van der Waals surface area contributed by atoms with Gasteiger partial charge in [0.25, 0.3) is 0 Å². The first-order chi connectivity index (χ1) is 9.93. The number of rotatable bonds is 0. The molecule has 0 aromatic heterocycles. The molecule has 1 aliphatic rings. The van der Waals surface area contributed by atoms with Gasteiger partial charge in [0.2, 0.25) is 0 Å². The van der Waals surface area contributed by atoms with E-state index in [4.69, 9.17) is 0 Å². The van der Waals surface area contributed by atoms with Crippen LogP contribution in [0.1, 0.15) is 0 Å². The Hall–Kier alpha value is -2.60. The van der Waals surface area contributed by atoms with Crippen LogP contribution in [0.3, 0.4) is 0 Å². The van der Waals surface area contributed by atoms with E-state index in [1.165, 1.54) is 43.8 Å². The molecule has 0 nitrogen and oxygen atoms in total. The molecule has 0 bridgehead atoms. The molecule has 0 heteroatoms. The fourth-order valence-electron chi connectivity index (χ4n) is 3.47. The topological polar surface area (TPSA) is 0 Å². The van der Waals surface area contributed by atoms with E-state index in [0.717, 1.165) is 0 Å². The van der Waals surface area contributed by atoms with Gasteiger partial charge in [0.15, 0.2) is 0 Å². The average Bonchev–Trinajstić information content (AvgIpc) is 2.85. The summed E-state index contributed by atoms with van der Waals surface area (Å²) in [6, 6.07) is 27.3. The van der Waals surface area contributed by atoms with E-state index < -0.39 is 0 Å². The summed E-state index contributed by atoms with van der Waals surface area (Å²) in [7, 11) is 0. The molecular weight excluding hydrogens is 240 g/mol. The fraction of sp³-hybridized carbons (Fsp3) is 0. The van der Waals surface area contributed by atoms with Crippen LogP contribution in [0.5, 0.6) is 0 Å². The van der Waals surface area contributed by atoms with Crippen molar-refractivity contribution < 1.29 is 0 Å². The lowest BCUT2D eigenvalue weighted by molar-refractivity contribution is 1.69. The van der Waals surface area contributed by atoms with E-state index in [1.807, 2.05) is 6.07 Å². The van der Waals surface area contributed by atoms with Crippen LogP contribution in [0.4, 0.5) is 0 Å². The Bertz CT molecular complexity index is 993. The van der Waals surface area contributed by atoms with Crippen LogP contribution in [-0.2, 0) is 0 Å². The quantitative estimate of drug-likeness (QED) is 0.321. The molecule has 1 aliphatic carbocycles. The Labute approximate surface area is 117 Å². The maximum atomic E-state index is 3.45. The molecule has 91 valence electrons. The first-order valence-electron chi connectivity index (χ1n) is 6.89. The molecular formula is C20H11. The molecule has 0 amide bonds. The van der Waals surface area contributed by atoms with Crippen LogP contribution in [0.15, 0.2) is 66.7 Å². The minimum Gasteiger partial charge on any atom is -0.0616 e. The molecule has 0 saturated heterocycles. The maximum absolute atomic E-state index is 3.45. The van der Waals surface area contributed by atoms with Crippen molar-refractivity contribution in [3.05, 3.63) is 72.8 Å². The summed E-state index contributed by atoms with van der Waals surface area (Å²) in [5.41, 5.74) is 5.25. The summed E-state index contributed by atoms with van der Waals surface area (Å²) < 4.78 is 0. The monoisotopic (exact) mass is 251 g/mol. The largest absolute Gasteiger partial charge is 0.0616 e. The third kappa shape index (κ3) is 1.12. The molecule has 0 spiro atoms. The molecule has 0 aliphatic heterocycles. The van der Waals surface area contributed by atoms with E-state index in [0.29, 0.717) is 0 Å². The normalized spacial score (nSPS) is 12.0. The van der Waals surface area contributed by atoms with Gasteiger partial charge in [0, 0.05) is 0 Å². The zero-order chi connectivity index (χ0) is 13.1. The van der Waals surface area contributed by atoms with Crippen molar-refractivity contribution in [3.63, 3.8) is 0 Å². The van der Waals surface area contributed by atoms with Crippen molar-refractivity contribution in [2.24, 2.45) is 0 Å². The lowest BCUT2D eigenvalue weighted by Gasteiger charge is -2.07. The van der Waals surface area contributed by atoms with Crippen molar-refractivity contribution in [1.29, 1.82) is 0 Å². The second-order valence-electron chi connectivity index (χ2n) is 5.34. The van der Waals surface area contributed by atoms with Gasteiger partial charge in [-0.15, -0.1) is 0 Å². The molecule has 0 atom stereocenters. The molecule has 0 N–H and O–H groups in total. The van der Waals surface area contributed by atoms with Crippen LogP contribution in [0, 0.1) is 6.07 Å². The summed E-state index contributed by atoms with van der Waals surface area (Å²) >= 11 is 0. The van der Waals surface area contributed by atoms with Gasteiger partial charge in [0.1, 0.15) is 0 Å². The highest BCUT2D eigenvalue weighted by molar-refractivity contribution is 6.23. The lowest BCUT2D eigenvalue weighted by atomic mass is 9.96. The number of hydrogen-bond donors (Lipinski definition) is 0. The van der Waals surface area contributed by atoms with E-state index in [2.05, 4.69) is 66.7 Å². The molecule has 0 fully saturated rings. The third-order valence-corrected chi connectivity index (χ3v) is 4.28. The Morgan fingerprint density at radius 1 is 0.700 bits per heavy atom. The molecule has 1 radical (unpaired) electrons. The Kier molecular flexibility index (Phi) is 1.78. The summed E-state index contributed by atoms with van der Waals surface area (Å²) in [5, 5.41) is 5.33. The summed E-state index contributed by atoms with van der Waals surface area (Å²) in [6.45, 7) is 0. The SMILES string of the molecule is [c]1cccc2c1-c1c3ccccc3cc3cccc-2c13. The summed E-state index contributed by atoms with van der Waals surface area (Å²) in [5.74, 6) is 0. The first-order valence-corrected chi connectivity index (χ1v) is 6.89. The van der Waals surface area contributed by atoms with E-state index >= 15 is 0 Å². The van der Waals surface area contributed by atoms with Crippen molar-refractivity contribution in [1.82, 2.24) is 0 Å². The van der Waals surface area contributed by atoms with Gasteiger partial charge in [0.05, 0.1) is 0 Å². The van der Waals surface area contributed by atoms with Gasteiger partial charge >= 0.3 is 0 Å². The standard InChI is InChI=1S/C20H11/c1-2-8-15-13(6-1)12-14-7-5-11-17-16-9-3-4-10-18(16)20(15)19(14)17/h1-9,11-12H. The molecule has 0 saturated carbocycles. The van der Waals surface area contributed by atoms with E-state index in [9.17, 15) is 0 Å².